The molecule has 1 rings (SSSR count). The Morgan fingerprint density at radius 2 is 2.38 bits per heavy atom. The fraction of sp³-hybridized carbons (Fsp3) is 0.250. The van der Waals surface area contributed by atoms with Crippen LogP contribution < -0.4 is 11.5 Å². The number of esters is 1. The lowest BCUT2D eigenvalue weighted by Crippen LogP contribution is -2.23. The van der Waals surface area contributed by atoms with Crippen LogP contribution >= 0.6 is 0 Å². The highest BCUT2D eigenvalue weighted by atomic mass is 16.5. The van der Waals surface area contributed by atoms with E-state index in [1.165, 1.54) is 13.3 Å². The molecule has 0 amide bonds. The predicted molar refractivity (Wildman–Crippen MR) is 47.6 cm³/mol. The first-order valence-electron chi connectivity index (χ1n) is 3.70. The third-order valence-electron chi connectivity index (χ3n) is 1.66. The fourth-order valence-corrected chi connectivity index (χ4v) is 0.947. The Kier molecular flexibility index (Phi) is 2.81. The lowest BCUT2D eigenvalue weighted by Gasteiger charge is -2.10. The predicted octanol–water partition coefficient (Wildman–Crippen LogP) is -0.163. The molecule has 5 nitrogen and oxygen atoms in total. The van der Waals surface area contributed by atoms with Crippen molar-refractivity contribution in [3.8, 4) is 0 Å². The zero-order chi connectivity index (χ0) is 9.84. The van der Waals surface area contributed by atoms with E-state index in [-0.39, 0.29) is 5.82 Å². The van der Waals surface area contributed by atoms with Gasteiger partial charge in [-0.15, -0.1) is 0 Å². The molecule has 1 heterocycles. The molecule has 4 N–H and O–H groups in total. The largest absolute Gasteiger partial charge is 0.468 e. The van der Waals surface area contributed by atoms with Crippen LogP contribution in [0.1, 0.15) is 11.6 Å². The van der Waals surface area contributed by atoms with Crippen LogP contribution in [0.4, 0.5) is 5.82 Å². The molecule has 70 valence electrons. The van der Waals surface area contributed by atoms with Gasteiger partial charge in [0.05, 0.1) is 7.11 Å². The molecule has 0 fully saturated rings. The lowest BCUT2D eigenvalue weighted by atomic mass is 10.1. The third kappa shape index (κ3) is 1.94. The molecule has 13 heavy (non-hydrogen) atoms. The van der Waals surface area contributed by atoms with Crippen molar-refractivity contribution in [2.24, 2.45) is 5.73 Å². The Hall–Kier alpha value is -1.62. The number of nitrogen functional groups attached to an aromatic ring is 1. The van der Waals surface area contributed by atoms with Crippen molar-refractivity contribution in [1.82, 2.24) is 4.98 Å². The highest BCUT2D eigenvalue weighted by Crippen LogP contribution is 2.16. The summed E-state index contributed by atoms with van der Waals surface area (Å²) in [4.78, 5) is 14.8. The standard InChI is InChI=1S/C8H11N3O2/c1-13-8(12)6(9)5-3-2-4-11-7(5)10/h2-4,6H,9H2,1H3,(H2,10,11)/t6-/m1/s1. The summed E-state index contributed by atoms with van der Waals surface area (Å²) >= 11 is 0. The van der Waals surface area contributed by atoms with Crippen LogP contribution in [0.5, 0.6) is 0 Å². The first kappa shape index (κ1) is 9.47. The highest BCUT2D eigenvalue weighted by molar-refractivity contribution is 5.78. The maximum atomic E-state index is 11.0. The number of nitrogens with two attached hydrogens (primary N) is 2. The van der Waals surface area contributed by atoms with Crippen LogP contribution in [0.25, 0.3) is 0 Å². The summed E-state index contributed by atoms with van der Waals surface area (Å²) in [5.41, 5.74) is 11.6. The second-order valence-corrected chi connectivity index (χ2v) is 2.48. The van der Waals surface area contributed by atoms with Crippen molar-refractivity contribution in [2.45, 2.75) is 6.04 Å². The molecule has 0 saturated carbocycles. The molecule has 0 spiro atoms. The number of aromatic nitrogens is 1. The second kappa shape index (κ2) is 3.86. The molecule has 0 aliphatic heterocycles. The van der Waals surface area contributed by atoms with Gasteiger partial charge < -0.3 is 16.2 Å². The number of ether oxygens (including phenoxy) is 1. The maximum Gasteiger partial charge on any atom is 0.327 e. The van der Waals surface area contributed by atoms with E-state index < -0.39 is 12.0 Å². The van der Waals surface area contributed by atoms with E-state index in [1.807, 2.05) is 0 Å². The number of hydrogen-bond acceptors (Lipinski definition) is 5. The summed E-state index contributed by atoms with van der Waals surface area (Å²) < 4.78 is 4.47. The van der Waals surface area contributed by atoms with Crippen molar-refractivity contribution in [2.75, 3.05) is 12.8 Å². The first-order chi connectivity index (χ1) is 6.16. The van der Waals surface area contributed by atoms with Crippen LogP contribution in [-0.2, 0) is 9.53 Å². The molecular weight excluding hydrogens is 170 g/mol. The van der Waals surface area contributed by atoms with Crippen molar-refractivity contribution in [3.63, 3.8) is 0 Å². The number of carbonyl (C=O) groups excluding carboxylic acids is 1. The zero-order valence-electron chi connectivity index (χ0n) is 7.23. The van der Waals surface area contributed by atoms with Gasteiger partial charge in [-0.2, -0.15) is 0 Å². The number of carbonyl (C=O) groups is 1. The van der Waals surface area contributed by atoms with Crippen LogP contribution in [0.15, 0.2) is 18.3 Å². The van der Waals surface area contributed by atoms with Gasteiger partial charge >= 0.3 is 5.97 Å². The zero-order valence-corrected chi connectivity index (χ0v) is 7.23. The summed E-state index contributed by atoms with van der Waals surface area (Å²) in [5, 5.41) is 0. The normalized spacial score (nSPS) is 12.2. The van der Waals surface area contributed by atoms with Crippen LogP contribution in [0, 0.1) is 0 Å². The molecule has 5 heteroatoms. The molecule has 0 unspecified atom stereocenters. The molecule has 0 bridgehead atoms. The van der Waals surface area contributed by atoms with Crippen LogP contribution in [0.3, 0.4) is 0 Å². The van der Waals surface area contributed by atoms with E-state index in [2.05, 4.69) is 9.72 Å². The second-order valence-electron chi connectivity index (χ2n) is 2.48. The van der Waals surface area contributed by atoms with Gasteiger partial charge in [0, 0.05) is 11.8 Å². The summed E-state index contributed by atoms with van der Waals surface area (Å²) in [6.07, 6.45) is 1.53. The minimum atomic E-state index is -0.862. The SMILES string of the molecule is COC(=O)[C@H](N)c1cccnc1N. The van der Waals surface area contributed by atoms with Crippen molar-refractivity contribution in [1.29, 1.82) is 0 Å². The van der Waals surface area contributed by atoms with Gasteiger partial charge in [0.25, 0.3) is 0 Å². The van der Waals surface area contributed by atoms with Gasteiger partial charge in [-0.25, -0.2) is 4.98 Å². The molecule has 0 aliphatic carbocycles. The summed E-state index contributed by atoms with van der Waals surface area (Å²) in [6, 6.07) is 2.44. The van der Waals surface area contributed by atoms with Crippen molar-refractivity contribution < 1.29 is 9.53 Å². The summed E-state index contributed by atoms with van der Waals surface area (Å²) in [5.74, 6) is -0.278. The molecular formula is C8H11N3O2. The molecule has 1 aromatic heterocycles. The molecule has 0 aliphatic rings. The highest BCUT2D eigenvalue weighted by Gasteiger charge is 2.18. The van der Waals surface area contributed by atoms with Gasteiger partial charge in [0.15, 0.2) is 0 Å². The quantitative estimate of drug-likeness (QED) is 0.618. The van der Waals surface area contributed by atoms with E-state index in [4.69, 9.17) is 11.5 Å². The van der Waals surface area contributed by atoms with E-state index in [9.17, 15) is 4.79 Å². The van der Waals surface area contributed by atoms with E-state index in [0.29, 0.717) is 5.56 Å². The number of nitrogens with zero attached hydrogens (tertiary/aromatic N) is 1. The monoisotopic (exact) mass is 181 g/mol. The number of anilines is 1. The smallest absolute Gasteiger partial charge is 0.327 e. The summed E-state index contributed by atoms with van der Waals surface area (Å²) in [7, 11) is 1.27. The van der Waals surface area contributed by atoms with Crippen molar-refractivity contribution >= 4 is 11.8 Å². The van der Waals surface area contributed by atoms with Gasteiger partial charge in [0.2, 0.25) is 0 Å². The summed E-state index contributed by atoms with van der Waals surface area (Å²) in [6.45, 7) is 0. The van der Waals surface area contributed by atoms with E-state index in [1.54, 1.807) is 12.1 Å². The van der Waals surface area contributed by atoms with Gasteiger partial charge in [-0.05, 0) is 6.07 Å². The minimum absolute atomic E-state index is 0.250. The van der Waals surface area contributed by atoms with Gasteiger partial charge in [-0.3, -0.25) is 4.79 Å². The first-order valence-corrected chi connectivity index (χ1v) is 3.70. The molecule has 0 aromatic carbocycles. The number of rotatable bonds is 2. The number of methoxy groups -OCH3 is 1. The Bertz CT molecular complexity index is 314. The number of pyridine rings is 1. The lowest BCUT2D eigenvalue weighted by molar-refractivity contribution is -0.142. The minimum Gasteiger partial charge on any atom is -0.468 e. The average Bonchev–Trinajstić information content (AvgIpc) is 2.16. The average molecular weight is 181 g/mol. The topological polar surface area (TPSA) is 91.2 Å². The maximum absolute atomic E-state index is 11.0. The van der Waals surface area contributed by atoms with E-state index in [0.717, 1.165) is 0 Å². The van der Waals surface area contributed by atoms with Gasteiger partial charge in [-0.1, -0.05) is 6.07 Å². The van der Waals surface area contributed by atoms with Crippen molar-refractivity contribution in [3.05, 3.63) is 23.9 Å². The Morgan fingerprint density at radius 1 is 1.69 bits per heavy atom. The molecule has 0 radical (unpaired) electrons. The molecule has 1 aromatic rings. The Labute approximate surface area is 75.7 Å². The Morgan fingerprint density at radius 3 is 2.92 bits per heavy atom. The fourth-order valence-electron chi connectivity index (χ4n) is 0.947. The van der Waals surface area contributed by atoms with E-state index >= 15 is 0 Å². The third-order valence-corrected chi connectivity index (χ3v) is 1.66. The van der Waals surface area contributed by atoms with Crippen LogP contribution in [0.2, 0.25) is 0 Å². The molecule has 0 saturated heterocycles. The van der Waals surface area contributed by atoms with Gasteiger partial charge in [0.1, 0.15) is 11.9 Å². The van der Waals surface area contributed by atoms with Crippen LogP contribution in [-0.4, -0.2) is 18.1 Å². The molecule has 1 atom stereocenters. The number of hydrogen-bond donors (Lipinski definition) is 2. The Balaban J connectivity index is 2.95.